The summed E-state index contributed by atoms with van der Waals surface area (Å²) in [6.07, 6.45) is 3.73. The fourth-order valence-corrected chi connectivity index (χ4v) is 2.72. The number of rotatable bonds is 2. The smallest absolute Gasteiger partial charge is 0.147 e. The number of anilines is 1. The van der Waals surface area contributed by atoms with E-state index in [2.05, 4.69) is 20.7 Å². The lowest BCUT2D eigenvalue weighted by atomic mass is 10.1. The number of thiophene rings is 1. The molecule has 0 saturated carbocycles. The molecule has 2 aromatic rings. The first-order valence-electron chi connectivity index (χ1n) is 5.46. The average Bonchev–Trinajstić information content (AvgIpc) is 2.80. The maximum absolute atomic E-state index is 5.34. The Hall–Kier alpha value is -1.20. The molecule has 1 N–H and O–H groups in total. The predicted octanol–water partition coefficient (Wildman–Crippen LogP) is 2.28. The summed E-state index contributed by atoms with van der Waals surface area (Å²) < 4.78 is 6.49. The lowest BCUT2D eigenvalue weighted by Gasteiger charge is -2.23. The van der Waals surface area contributed by atoms with Crippen LogP contribution in [-0.2, 0) is 4.74 Å². The molecule has 84 valence electrons. The Balaban J connectivity index is 1.85. The van der Waals surface area contributed by atoms with Gasteiger partial charge in [-0.3, -0.25) is 0 Å². The van der Waals surface area contributed by atoms with Gasteiger partial charge in [0, 0.05) is 19.3 Å². The van der Waals surface area contributed by atoms with Gasteiger partial charge in [-0.05, 0) is 24.3 Å². The molecular formula is C11H13N3OS. The maximum Gasteiger partial charge on any atom is 0.147 e. The normalized spacial score (nSPS) is 17.8. The van der Waals surface area contributed by atoms with Crippen molar-refractivity contribution < 1.29 is 4.74 Å². The highest BCUT2D eigenvalue weighted by molar-refractivity contribution is 7.17. The van der Waals surface area contributed by atoms with E-state index in [1.165, 1.54) is 0 Å². The summed E-state index contributed by atoms with van der Waals surface area (Å²) in [5.41, 5.74) is 1.02. The second-order valence-corrected chi connectivity index (χ2v) is 4.80. The van der Waals surface area contributed by atoms with Crippen LogP contribution < -0.4 is 5.32 Å². The minimum absolute atomic E-state index is 0.481. The molecule has 1 saturated heterocycles. The Morgan fingerprint density at radius 3 is 3.06 bits per heavy atom. The van der Waals surface area contributed by atoms with Crippen LogP contribution in [0.4, 0.5) is 5.82 Å². The molecule has 0 radical (unpaired) electrons. The molecule has 0 atom stereocenters. The van der Waals surface area contributed by atoms with E-state index in [0.29, 0.717) is 6.04 Å². The van der Waals surface area contributed by atoms with E-state index in [0.717, 1.165) is 42.1 Å². The molecule has 0 aliphatic carbocycles. The van der Waals surface area contributed by atoms with E-state index >= 15 is 0 Å². The van der Waals surface area contributed by atoms with Crippen molar-refractivity contribution in [1.82, 2.24) is 9.97 Å². The zero-order chi connectivity index (χ0) is 10.8. The highest BCUT2D eigenvalue weighted by Gasteiger charge is 2.15. The van der Waals surface area contributed by atoms with E-state index in [9.17, 15) is 0 Å². The Kier molecular flexibility index (Phi) is 2.71. The highest BCUT2D eigenvalue weighted by Crippen LogP contribution is 2.26. The van der Waals surface area contributed by atoms with Crippen LogP contribution in [-0.4, -0.2) is 29.2 Å². The Bertz CT molecular complexity index is 479. The van der Waals surface area contributed by atoms with Gasteiger partial charge in [0.1, 0.15) is 12.1 Å². The minimum Gasteiger partial charge on any atom is -0.381 e. The van der Waals surface area contributed by atoms with Crippen LogP contribution in [0.15, 0.2) is 17.8 Å². The standard InChI is InChI=1S/C11H13N3OS/c1-4-15-5-2-8(1)14-11-10-9(3-6-16-10)12-7-13-11/h3,6-8H,1-2,4-5H2,(H,12,13,14). The molecule has 0 bridgehead atoms. The van der Waals surface area contributed by atoms with Crippen molar-refractivity contribution >= 4 is 27.4 Å². The molecule has 2 aromatic heterocycles. The molecule has 1 aliphatic rings. The third-order valence-corrected chi connectivity index (χ3v) is 3.72. The molecule has 16 heavy (non-hydrogen) atoms. The number of hydrogen-bond acceptors (Lipinski definition) is 5. The number of aromatic nitrogens is 2. The molecule has 0 unspecified atom stereocenters. The van der Waals surface area contributed by atoms with Gasteiger partial charge in [0.05, 0.1) is 10.2 Å². The number of ether oxygens (including phenoxy) is 1. The summed E-state index contributed by atoms with van der Waals surface area (Å²) in [4.78, 5) is 8.55. The van der Waals surface area contributed by atoms with Gasteiger partial charge in [-0.25, -0.2) is 9.97 Å². The van der Waals surface area contributed by atoms with Crippen LogP contribution in [0.1, 0.15) is 12.8 Å². The van der Waals surface area contributed by atoms with E-state index in [4.69, 9.17) is 4.74 Å². The van der Waals surface area contributed by atoms with E-state index in [1.807, 2.05) is 6.07 Å². The van der Waals surface area contributed by atoms with Gasteiger partial charge in [-0.15, -0.1) is 11.3 Å². The zero-order valence-corrected chi connectivity index (χ0v) is 9.67. The largest absolute Gasteiger partial charge is 0.381 e. The first-order chi connectivity index (χ1) is 7.93. The van der Waals surface area contributed by atoms with Gasteiger partial charge in [-0.2, -0.15) is 0 Å². The second kappa shape index (κ2) is 4.35. The van der Waals surface area contributed by atoms with Crippen LogP contribution >= 0.6 is 11.3 Å². The van der Waals surface area contributed by atoms with E-state index < -0.39 is 0 Å². The number of nitrogens with one attached hydrogen (secondary N) is 1. The van der Waals surface area contributed by atoms with Gasteiger partial charge in [0.15, 0.2) is 0 Å². The van der Waals surface area contributed by atoms with Crippen LogP contribution in [0.25, 0.3) is 10.2 Å². The molecule has 3 heterocycles. The van der Waals surface area contributed by atoms with Gasteiger partial charge >= 0.3 is 0 Å². The molecule has 1 fully saturated rings. The monoisotopic (exact) mass is 235 g/mol. The summed E-state index contributed by atoms with van der Waals surface area (Å²) >= 11 is 1.68. The summed E-state index contributed by atoms with van der Waals surface area (Å²) in [5.74, 6) is 0.965. The van der Waals surface area contributed by atoms with Gasteiger partial charge in [-0.1, -0.05) is 0 Å². The van der Waals surface area contributed by atoms with Crippen LogP contribution in [0.3, 0.4) is 0 Å². The van der Waals surface area contributed by atoms with Gasteiger partial charge in [0.25, 0.3) is 0 Å². The Morgan fingerprint density at radius 2 is 2.19 bits per heavy atom. The van der Waals surface area contributed by atoms with Crippen molar-refractivity contribution in [3.05, 3.63) is 17.8 Å². The average molecular weight is 235 g/mol. The summed E-state index contributed by atoms with van der Waals surface area (Å²) in [6.45, 7) is 1.69. The van der Waals surface area contributed by atoms with Crippen molar-refractivity contribution in [2.45, 2.75) is 18.9 Å². The molecule has 0 spiro atoms. The van der Waals surface area contributed by atoms with Gasteiger partial charge < -0.3 is 10.1 Å². The van der Waals surface area contributed by atoms with E-state index in [1.54, 1.807) is 17.7 Å². The summed E-state index contributed by atoms with van der Waals surface area (Å²) in [6, 6.07) is 2.51. The van der Waals surface area contributed by atoms with Gasteiger partial charge in [0.2, 0.25) is 0 Å². The predicted molar refractivity (Wildman–Crippen MR) is 64.9 cm³/mol. The van der Waals surface area contributed by atoms with E-state index in [-0.39, 0.29) is 0 Å². The fraction of sp³-hybridized carbons (Fsp3) is 0.455. The zero-order valence-electron chi connectivity index (χ0n) is 8.85. The molecule has 5 heteroatoms. The second-order valence-electron chi connectivity index (χ2n) is 3.89. The summed E-state index contributed by atoms with van der Waals surface area (Å²) in [7, 11) is 0. The van der Waals surface area contributed by atoms with Crippen molar-refractivity contribution in [3.63, 3.8) is 0 Å². The maximum atomic E-state index is 5.34. The van der Waals surface area contributed by atoms with Crippen molar-refractivity contribution in [3.8, 4) is 0 Å². The van der Waals surface area contributed by atoms with Crippen molar-refractivity contribution in [2.75, 3.05) is 18.5 Å². The van der Waals surface area contributed by atoms with Crippen LogP contribution in [0.5, 0.6) is 0 Å². The minimum atomic E-state index is 0.481. The number of nitrogens with zero attached hydrogens (tertiary/aromatic N) is 2. The molecule has 0 amide bonds. The summed E-state index contributed by atoms with van der Waals surface area (Å²) in [5, 5.41) is 5.54. The van der Waals surface area contributed by atoms with Crippen LogP contribution in [0.2, 0.25) is 0 Å². The van der Waals surface area contributed by atoms with Crippen molar-refractivity contribution in [1.29, 1.82) is 0 Å². The molecule has 4 nitrogen and oxygen atoms in total. The third kappa shape index (κ3) is 1.88. The molecule has 3 rings (SSSR count). The molecule has 0 aromatic carbocycles. The highest BCUT2D eigenvalue weighted by atomic mass is 32.1. The third-order valence-electron chi connectivity index (χ3n) is 2.81. The number of fused-ring (bicyclic) bond motifs is 1. The Morgan fingerprint density at radius 1 is 1.31 bits per heavy atom. The Labute approximate surface area is 97.7 Å². The number of hydrogen-bond donors (Lipinski definition) is 1. The lowest BCUT2D eigenvalue weighted by Crippen LogP contribution is -2.28. The fourth-order valence-electron chi connectivity index (χ4n) is 1.93. The lowest BCUT2D eigenvalue weighted by molar-refractivity contribution is 0.0904. The molecular weight excluding hydrogens is 222 g/mol. The topological polar surface area (TPSA) is 47.0 Å². The van der Waals surface area contributed by atoms with Crippen molar-refractivity contribution in [2.24, 2.45) is 0 Å². The first-order valence-corrected chi connectivity index (χ1v) is 6.34. The van der Waals surface area contributed by atoms with Crippen LogP contribution in [0, 0.1) is 0 Å². The quantitative estimate of drug-likeness (QED) is 0.867. The molecule has 1 aliphatic heterocycles. The first kappa shape index (κ1) is 9.99. The SMILES string of the molecule is c1nc(NC2CCOCC2)c2sccc2n1.